The van der Waals surface area contributed by atoms with Gasteiger partial charge in [0.2, 0.25) is 5.91 Å². The van der Waals surface area contributed by atoms with Gasteiger partial charge in [-0.25, -0.2) is 0 Å². The molecule has 1 N–H and O–H groups in total. The van der Waals surface area contributed by atoms with Gasteiger partial charge in [0.15, 0.2) is 0 Å². The van der Waals surface area contributed by atoms with E-state index < -0.39 is 0 Å². The summed E-state index contributed by atoms with van der Waals surface area (Å²) < 4.78 is 1.94. The lowest BCUT2D eigenvalue weighted by molar-refractivity contribution is -0.122. The Labute approximate surface area is 172 Å². The molecule has 1 heterocycles. The first-order chi connectivity index (χ1) is 14.2. The molecular weight excluding hydrogens is 360 g/mol. The van der Waals surface area contributed by atoms with Gasteiger partial charge in [-0.3, -0.25) is 14.4 Å². The second-order valence-electron chi connectivity index (χ2n) is 7.92. The highest BCUT2D eigenvalue weighted by molar-refractivity contribution is 5.78. The van der Waals surface area contributed by atoms with Gasteiger partial charge in [-0.05, 0) is 43.0 Å². The van der Waals surface area contributed by atoms with Crippen LogP contribution in [-0.2, 0) is 24.3 Å². The molecule has 0 spiro atoms. The second kappa shape index (κ2) is 9.05. The van der Waals surface area contributed by atoms with Gasteiger partial charge in [0.25, 0.3) is 0 Å². The summed E-state index contributed by atoms with van der Waals surface area (Å²) in [6, 6.07) is 18.9. The Morgan fingerprint density at radius 1 is 1.14 bits per heavy atom. The lowest BCUT2D eigenvalue weighted by atomic mass is 9.88. The topological polar surface area (TPSA) is 50.2 Å². The van der Waals surface area contributed by atoms with Crippen LogP contribution in [0.5, 0.6) is 0 Å². The number of nitrogens with zero attached hydrogens (tertiary/aromatic N) is 3. The third kappa shape index (κ3) is 5.12. The monoisotopic (exact) mass is 388 g/mol. The molecule has 1 aromatic heterocycles. The van der Waals surface area contributed by atoms with Crippen molar-refractivity contribution in [2.24, 2.45) is 0 Å². The molecule has 1 atom stereocenters. The molecule has 2 aromatic carbocycles. The van der Waals surface area contributed by atoms with Crippen LogP contribution in [0.15, 0.2) is 67.0 Å². The van der Waals surface area contributed by atoms with Crippen LogP contribution in [0.4, 0.5) is 0 Å². The van der Waals surface area contributed by atoms with E-state index in [1.54, 1.807) is 0 Å². The standard InChI is InChI=1S/C24H28N4O/c1-27(15-20-14-25-28(17-20)16-19-8-3-2-4-9-19)18-24(29)26-23-13-7-11-21-10-5-6-12-22(21)23/h2-6,8-10,12,14,17,23H,7,11,13,15-16,18H2,1H3,(H,26,29)/t23-/m0/s1. The van der Waals surface area contributed by atoms with Gasteiger partial charge in [0.05, 0.1) is 25.3 Å². The van der Waals surface area contributed by atoms with Crippen LogP contribution >= 0.6 is 0 Å². The number of aryl methyl sites for hydroxylation is 1. The summed E-state index contributed by atoms with van der Waals surface area (Å²) in [5, 5.41) is 7.68. The first-order valence-electron chi connectivity index (χ1n) is 10.3. The Morgan fingerprint density at radius 2 is 1.93 bits per heavy atom. The maximum Gasteiger partial charge on any atom is 0.234 e. The van der Waals surface area contributed by atoms with Gasteiger partial charge >= 0.3 is 0 Å². The Kier molecular flexibility index (Phi) is 6.06. The largest absolute Gasteiger partial charge is 0.348 e. The Balaban J connectivity index is 1.29. The van der Waals surface area contributed by atoms with Crippen molar-refractivity contribution in [1.82, 2.24) is 20.0 Å². The van der Waals surface area contributed by atoms with Crippen molar-refractivity contribution in [1.29, 1.82) is 0 Å². The van der Waals surface area contributed by atoms with Crippen LogP contribution in [0.2, 0.25) is 0 Å². The van der Waals surface area contributed by atoms with E-state index in [-0.39, 0.29) is 11.9 Å². The van der Waals surface area contributed by atoms with Crippen LogP contribution in [0, 0.1) is 0 Å². The third-order valence-corrected chi connectivity index (χ3v) is 5.44. The summed E-state index contributed by atoms with van der Waals surface area (Å²) in [6.07, 6.45) is 7.18. The highest BCUT2D eigenvalue weighted by Gasteiger charge is 2.21. The maximum absolute atomic E-state index is 12.6. The molecule has 0 radical (unpaired) electrons. The van der Waals surface area contributed by atoms with E-state index in [9.17, 15) is 4.79 Å². The molecular formula is C24H28N4O. The van der Waals surface area contributed by atoms with Gasteiger partial charge in [-0.2, -0.15) is 5.10 Å². The molecule has 5 nitrogen and oxygen atoms in total. The summed E-state index contributed by atoms with van der Waals surface area (Å²) >= 11 is 0. The van der Waals surface area contributed by atoms with Gasteiger partial charge in [-0.1, -0.05) is 54.6 Å². The van der Waals surface area contributed by atoms with Crippen LogP contribution in [-0.4, -0.2) is 34.2 Å². The minimum Gasteiger partial charge on any atom is -0.348 e. The van der Waals surface area contributed by atoms with Crippen LogP contribution in [0.25, 0.3) is 0 Å². The molecule has 0 fully saturated rings. The zero-order valence-electron chi connectivity index (χ0n) is 16.9. The lowest BCUT2D eigenvalue weighted by Crippen LogP contribution is -2.38. The van der Waals surface area contributed by atoms with Gasteiger partial charge in [0, 0.05) is 18.3 Å². The van der Waals surface area contributed by atoms with Crippen molar-refractivity contribution in [3.63, 3.8) is 0 Å². The molecule has 3 aromatic rings. The summed E-state index contributed by atoms with van der Waals surface area (Å²) in [7, 11) is 1.98. The van der Waals surface area contributed by atoms with E-state index in [1.807, 2.05) is 41.0 Å². The van der Waals surface area contributed by atoms with Crippen LogP contribution < -0.4 is 5.32 Å². The predicted octanol–water partition coefficient (Wildman–Crippen LogP) is 3.56. The summed E-state index contributed by atoms with van der Waals surface area (Å²) in [5.41, 5.74) is 4.97. The molecule has 0 bridgehead atoms. The Bertz CT molecular complexity index is 950. The number of hydrogen-bond acceptors (Lipinski definition) is 3. The molecule has 0 saturated heterocycles. The minimum atomic E-state index is 0.0749. The molecule has 0 saturated carbocycles. The first kappa shape index (κ1) is 19.4. The quantitative estimate of drug-likeness (QED) is 0.673. The van der Waals surface area contributed by atoms with E-state index >= 15 is 0 Å². The number of nitrogens with one attached hydrogen (secondary N) is 1. The molecule has 1 amide bonds. The number of fused-ring (bicyclic) bond motifs is 1. The highest BCUT2D eigenvalue weighted by atomic mass is 16.2. The fraction of sp³-hybridized carbons (Fsp3) is 0.333. The minimum absolute atomic E-state index is 0.0749. The maximum atomic E-state index is 12.6. The highest BCUT2D eigenvalue weighted by Crippen LogP contribution is 2.29. The summed E-state index contributed by atoms with van der Waals surface area (Å²) in [5.74, 6) is 0.0749. The van der Waals surface area contributed by atoms with E-state index in [0.717, 1.165) is 31.4 Å². The number of likely N-dealkylation sites (N-methyl/N-ethyl adjacent to an activating group) is 1. The number of benzene rings is 2. The molecule has 0 aliphatic heterocycles. The molecule has 5 heteroatoms. The molecule has 4 rings (SSSR count). The van der Waals surface area contributed by atoms with Gasteiger partial charge in [-0.15, -0.1) is 0 Å². The molecule has 150 valence electrons. The number of rotatable bonds is 7. The SMILES string of the molecule is CN(CC(=O)N[C@H]1CCCc2ccccc21)Cc1cnn(Cc2ccccc2)c1. The molecule has 0 unspecified atom stereocenters. The average Bonchev–Trinajstić information content (AvgIpc) is 3.15. The Hall–Kier alpha value is -2.92. The zero-order chi connectivity index (χ0) is 20.1. The van der Waals surface area contributed by atoms with Crippen molar-refractivity contribution in [3.05, 3.63) is 89.2 Å². The van der Waals surface area contributed by atoms with Crippen molar-refractivity contribution in [3.8, 4) is 0 Å². The average molecular weight is 389 g/mol. The second-order valence-corrected chi connectivity index (χ2v) is 7.92. The van der Waals surface area contributed by atoms with E-state index in [2.05, 4.69) is 53.0 Å². The van der Waals surface area contributed by atoms with Gasteiger partial charge < -0.3 is 5.32 Å². The van der Waals surface area contributed by atoms with E-state index in [0.29, 0.717) is 13.1 Å². The molecule has 1 aliphatic rings. The summed E-state index contributed by atoms with van der Waals surface area (Å²) in [6.45, 7) is 1.83. The fourth-order valence-electron chi connectivity index (χ4n) is 4.10. The first-order valence-corrected chi connectivity index (χ1v) is 10.3. The number of hydrogen-bond donors (Lipinski definition) is 1. The number of amides is 1. The number of carbonyl (C=O) groups excluding carboxylic acids is 1. The van der Waals surface area contributed by atoms with E-state index in [4.69, 9.17) is 0 Å². The smallest absolute Gasteiger partial charge is 0.234 e. The molecule has 1 aliphatic carbocycles. The van der Waals surface area contributed by atoms with Crippen LogP contribution in [0.1, 0.15) is 41.1 Å². The lowest BCUT2D eigenvalue weighted by Gasteiger charge is -2.27. The normalized spacial score (nSPS) is 15.9. The van der Waals surface area contributed by atoms with E-state index in [1.165, 1.54) is 16.7 Å². The van der Waals surface area contributed by atoms with Crippen molar-refractivity contribution in [2.45, 2.75) is 38.4 Å². The fourth-order valence-corrected chi connectivity index (χ4v) is 4.10. The summed E-state index contributed by atoms with van der Waals surface area (Å²) in [4.78, 5) is 14.6. The van der Waals surface area contributed by atoms with Gasteiger partial charge in [0.1, 0.15) is 0 Å². The number of carbonyl (C=O) groups is 1. The van der Waals surface area contributed by atoms with Crippen molar-refractivity contribution < 1.29 is 4.79 Å². The van der Waals surface area contributed by atoms with Crippen molar-refractivity contribution >= 4 is 5.91 Å². The van der Waals surface area contributed by atoms with Crippen LogP contribution in [0.3, 0.4) is 0 Å². The zero-order valence-corrected chi connectivity index (χ0v) is 16.9. The number of aromatic nitrogens is 2. The third-order valence-electron chi connectivity index (χ3n) is 5.44. The van der Waals surface area contributed by atoms with Crippen molar-refractivity contribution in [2.75, 3.05) is 13.6 Å². The molecule has 29 heavy (non-hydrogen) atoms. The Morgan fingerprint density at radius 3 is 2.79 bits per heavy atom. The predicted molar refractivity (Wildman–Crippen MR) is 114 cm³/mol.